The number of hydrogen-bond donors (Lipinski definition) is 0. The molecule has 2 nitrogen and oxygen atoms in total. The summed E-state index contributed by atoms with van der Waals surface area (Å²) in [5, 5.41) is 0. The molecule has 0 amide bonds. The van der Waals surface area contributed by atoms with Gasteiger partial charge in [-0.25, -0.2) is 0 Å². The molecule has 0 aromatic heterocycles. The van der Waals surface area contributed by atoms with E-state index in [-0.39, 0.29) is 11.9 Å². The average molecular weight is 246 g/mol. The molecule has 1 aliphatic carbocycles. The Bertz CT molecular complexity index is 411. The topological polar surface area (TPSA) is 26.3 Å². The minimum atomic E-state index is -0.0664. The van der Waals surface area contributed by atoms with Crippen LogP contribution in [0.1, 0.15) is 49.7 Å². The van der Waals surface area contributed by atoms with Gasteiger partial charge in [0.25, 0.3) is 0 Å². The van der Waals surface area contributed by atoms with E-state index in [9.17, 15) is 4.79 Å². The molecule has 1 aromatic rings. The van der Waals surface area contributed by atoms with Crippen molar-refractivity contribution >= 4 is 5.97 Å². The fourth-order valence-electron chi connectivity index (χ4n) is 3.05. The summed E-state index contributed by atoms with van der Waals surface area (Å²) in [5.41, 5.74) is 2.51. The van der Waals surface area contributed by atoms with E-state index in [4.69, 9.17) is 4.74 Å². The van der Waals surface area contributed by atoms with E-state index in [0.717, 1.165) is 19.3 Å². The maximum atomic E-state index is 12.1. The van der Waals surface area contributed by atoms with Gasteiger partial charge in [0, 0.05) is 0 Å². The predicted octanol–water partition coefficient (Wildman–Crippen LogP) is 3.70. The molecule has 98 valence electrons. The molecule has 0 saturated heterocycles. The molecular weight excluding hydrogens is 224 g/mol. The van der Waals surface area contributed by atoms with Crippen LogP contribution in [0.5, 0.6) is 0 Å². The van der Waals surface area contributed by atoms with E-state index in [2.05, 4.69) is 25.1 Å². The minimum Gasteiger partial charge on any atom is -0.469 e. The standard InChI is InChI=1S/C16H22O2/c1-3-4-7-13-11-10-12-8-5-6-9-14(12)15(13)16(17)18-2/h5-6,8-9,13,15H,3-4,7,10-11H2,1-2H3/t13-,15+/m1/s1. The van der Waals surface area contributed by atoms with Crippen LogP contribution in [-0.4, -0.2) is 13.1 Å². The van der Waals surface area contributed by atoms with Crippen LogP contribution in [-0.2, 0) is 16.0 Å². The van der Waals surface area contributed by atoms with Crippen LogP contribution in [0.15, 0.2) is 24.3 Å². The highest BCUT2D eigenvalue weighted by molar-refractivity contribution is 5.79. The largest absolute Gasteiger partial charge is 0.469 e. The molecule has 2 rings (SSSR count). The van der Waals surface area contributed by atoms with Gasteiger partial charge in [0.2, 0.25) is 0 Å². The second-order valence-electron chi connectivity index (χ2n) is 5.14. The Morgan fingerprint density at radius 2 is 2.17 bits per heavy atom. The SMILES string of the molecule is CCCC[C@@H]1CCc2ccccc2[C@H]1C(=O)OC. The van der Waals surface area contributed by atoms with Gasteiger partial charge in [-0.1, -0.05) is 44.0 Å². The third kappa shape index (κ3) is 2.58. The van der Waals surface area contributed by atoms with Gasteiger partial charge >= 0.3 is 5.97 Å². The normalized spacial score (nSPS) is 22.3. The number of benzene rings is 1. The number of methoxy groups -OCH3 is 1. The lowest BCUT2D eigenvalue weighted by atomic mass is 9.73. The Morgan fingerprint density at radius 3 is 2.89 bits per heavy atom. The summed E-state index contributed by atoms with van der Waals surface area (Å²) in [6, 6.07) is 8.31. The van der Waals surface area contributed by atoms with Crippen molar-refractivity contribution in [2.75, 3.05) is 7.11 Å². The van der Waals surface area contributed by atoms with Gasteiger partial charge < -0.3 is 4.74 Å². The Hall–Kier alpha value is -1.31. The summed E-state index contributed by atoms with van der Waals surface area (Å²) in [7, 11) is 1.50. The first-order valence-corrected chi connectivity index (χ1v) is 6.93. The Labute approximate surface area is 109 Å². The molecule has 0 spiro atoms. The molecule has 0 heterocycles. The molecule has 0 radical (unpaired) electrons. The zero-order valence-electron chi connectivity index (χ0n) is 11.3. The number of aryl methyl sites for hydroxylation is 1. The Morgan fingerprint density at radius 1 is 1.39 bits per heavy atom. The van der Waals surface area contributed by atoms with Gasteiger partial charge in [-0.2, -0.15) is 0 Å². The second-order valence-corrected chi connectivity index (χ2v) is 5.14. The summed E-state index contributed by atoms with van der Waals surface area (Å²) < 4.78 is 5.02. The number of carbonyl (C=O) groups excluding carboxylic acids is 1. The van der Waals surface area contributed by atoms with E-state index >= 15 is 0 Å². The van der Waals surface area contributed by atoms with Gasteiger partial charge in [-0.3, -0.25) is 4.79 Å². The van der Waals surface area contributed by atoms with E-state index in [1.54, 1.807) is 0 Å². The molecule has 0 fully saturated rings. The highest BCUT2D eigenvalue weighted by atomic mass is 16.5. The smallest absolute Gasteiger partial charge is 0.313 e. The highest BCUT2D eigenvalue weighted by Gasteiger charge is 2.34. The van der Waals surface area contributed by atoms with Gasteiger partial charge in [0.15, 0.2) is 0 Å². The second kappa shape index (κ2) is 6.03. The van der Waals surface area contributed by atoms with Gasteiger partial charge in [0.1, 0.15) is 0 Å². The molecule has 1 aliphatic rings. The maximum Gasteiger partial charge on any atom is 0.313 e. The van der Waals surface area contributed by atoms with Crippen molar-refractivity contribution in [3.63, 3.8) is 0 Å². The zero-order chi connectivity index (χ0) is 13.0. The number of unbranched alkanes of at least 4 members (excludes halogenated alkanes) is 1. The van der Waals surface area contributed by atoms with Crippen LogP contribution >= 0.6 is 0 Å². The van der Waals surface area contributed by atoms with Crippen LogP contribution in [0.25, 0.3) is 0 Å². The molecule has 0 saturated carbocycles. The lowest BCUT2D eigenvalue weighted by Gasteiger charge is -2.31. The first-order valence-electron chi connectivity index (χ1n) is 6.93. The van der Waals surface area contributed by atoms with Crippen LogP contribution in [0.3, 0.4) is 0 Å². The quantitative estimate of drug-likeness (QED) is 0.757. The van der Waals surface area contributed by atoms with Crippen molar-refractivity contribution < 1.29 is 9.53 Å². The lowest BCUT2D eigenvalue weighted by molar-refractivity contribution is -0.144. The zero-order valence-corrected chi connectivity index (χ0v) is 11.3. The number of ether oxygens (including phenoxy) is 1. The molecule has 1 aromatic carbocycles. The van der Waals surface area contributed by atoms with Crippen molar-refractivity contribution in [2.24, 2.45) is 5.92 Å². The molecule has 18 heavy (non-hydrogen) atoms. The van der Waals surface area contributed by atoms with Crippen molar-refractivity contribution in [3.8, 4) is 0 Å². The molecular formula is C16H22O2. The molecule has 0 unspecified atom stereocenters. The molecule has 0 N–H and O–H groups in total. The van der Waals surface area contributed by atoms with Crippen LogP contribution in [0, 0.1) is 5.92 Å². The fourth-order valence-corrected chi connectivity index (χ4v) is 3.05. The molecule has 0 bridgehead atoms. The number of rotatable bonds is 4. The fraction of sp³-hybridized carbons (Fsp3) is 0.562. The van der Waals surface area contributed by atoms with Crippen molar-refractivity contribution in [1.29, 1.82) is 0 Å². The van der Waals surface area contributed by atoms with Crippen molar-refractivity contribution in [1.82, 2.24) is 0 Å². The Kier molecular flexibility index (Phi) is 4.40. The van der Waals surface area contributed by atoms with E-state index in [0.29, 0.717) is 5.92 Å². The summed E-state index contributed by atoms with van der Waals surface area (Å²) in [6.45, 7) is 2.20. The van der Waals surface area contributed by atoms with Crippen molar-refractivity contribution in [3.05, 3.63) is 35.4 Å². The van der Waals surface area contributed by atoms with Crippen molar-refractivity contribution in [2.45, 2.75) is 44.9 Å². The third-order valence-corrected chi connectivity index (χ3v) is 4.03. The summed E-state index contributed by atoms with van der Waals surface area (Å²) in [5.74, 6) is 0.335. The van der Waals surface area contributed by atoms with Crippen LogP contribution in [0.2, 0.25) is 0 Å². The summed E-state index contributed by atoms with van der Waals surface area (Å²) >= 11 is 0. The van der Waals surface area contributed by atoms with E-state index in [1.807, 2.05) is 6.07 Å². The van der Waals surface area contributed by atoms with E-state index < -0.39 is 0 Å². The molecule has 2 heteroatoms. The molecule has 0 aliphatic heterocycles. The summed E-state index contributed by atoms with van der Waals surface area (Å²) in [4.78, 5) is 12.1. The predicted molar refractivity (Wildman–Crippen MR) is 72.5 cm³/mol. The third-order valence-electron chi connectivity index (χ3n) is 4.03. The van der Waals surface area contributed by atoms with Gasteiger partial charge in [0.05, 0.1) is 13.0 Å². The van der Waals surface area contributed by atoms with E-state index in [1.165, 1.54) is 31.1 Å². The first-order chi connectivity index (χ1) is 8.77. The van der Waals surface area contributed by atoms with Gasteiger partial charge in [-0.05, 0) is 36.3 Å². The summed E-state index contributed by atoms with van der Waals surface area (Å²) in [6.07, 6.45) is 5.71. The molecule has 2 atom stereocenters. The number of fused-ring (bicyclic) bond motifs is 1. The number of carbonyl (C=O) groups is 1. The number of esters is 1. The van der Waals surface area contributed by atoms with Crippen LogP contribution < -0.4 is 0 Å². The van der Waals surface area contributed by atoms with Gasteiger partial charge in [-0.15, -0.1) is 0 Å². The highest BCUT2D eigenvalue weighted by Crippen LogP contribution is 2.39. The monoisotopic (exact) mass is 246 g/mol. The van der Waals surface area contributed by atoms with Crippen LogP contribution in [0.4, 0.5) is 0 Å². The maximum absolute atomic E-state index is 12.1. The minimum absolute atomic E-state index is 0.0495. The Balaban J connectivity index is 2.27. The average Bonchev–Trinajstić information content (AvgIpc) is 2.43. The first kappa shape index (κ1) is 13.1. The lowest BCUT2D eigenvalue weighted by Crippen LogP contribution is -2.28. The number of hydrogen-bond acceptors (Lipinski definition) is 2.